The molecule has 0 spiro atoms. The van der Waals surface area contributed by atoms with Gasteiger partial charge in [-0.3, -0.25) is 9.67 Å². The maximum Gasteiger partial charge on any atom is 0.195 e. The van der Waals surface area contributed by atoms with E-state index >= 15 is 0 Å². The average molecular weight is 310 g/mol. The number of nitrogens with zero attached hydrogens (tertiary/aromatic N) is 3. The maximum atomic E-state index is 5.33. The molecule has 0 unspecified atom stereocenters. The predicted molar refractivity (Wildman–Crippen MR) is 87.0 cm³/mol. The van der Waals surface area contributed by atoms with Crippen molar-refractivity contribution in [3.05, 3.63) is 15.5 Å². The maximum absolute atomic E-state index is 5.33. The van der Waals surface area contributed by atoms with Crippen LogP contribution in [-0.2, 0) is 6.54 Å². The van der Waals surface area contributed by atoms with Crippen LogP contribution >= 0.6 is 23.6 Å². The number of aromatic amines is 1. The van der Waals surface area contributed by atoms with Gasteiger partial charge in [-0.05, 0) is 24.6 Å². The highest BCUT2D eigenvalue weighted by molar-refractivity contribution is 7.71. The fourth-order valence-electron chi connectivity index (χ4n) is 2.07. The van der Waals surface area contributed by atoms with Gasteiger partial charge in [0, 0.05) is 12.5 Å². The molecule has 1 N–H and O–H groups in total. The van der Waals surface area contributed by atoms with E-state index in [0.717, 1.165) is 29.4 Å². The number of aromatic nitrogens is 4. The lowest BCUT2D eigenvalue weighted by Gasteiger charge is -2.06. The Labute approximate surface area is 129 Å². The van der Waals surface area contributed by atoms with Crippen molar-refractivity contribution in [3.63, 3.8) is 0 Å². The minimum atomic E-state index is 0.383. The number of H-pyrrole nitrogens is 1. The summed E-state index contributed by atoms with van der Waals surface area (Å²) in [5.74, 6) is 1.76. The third-order valence-electron chi connectivity index (χ3n) is 3.12. The molecule has 0 aromatic carbocycles. The number of thiazole rings is 1. The Morgan fingerprint density at radius 2 is 1.95 bits per heavy atom. The van der Waals surface area contributed by atoms with Crippen molar-refractivity contribution in [1.82, 2.24) is 19.7 Å². The lowest BCUT2D eigenvalue weighted by atomic mass is 10.1. The molecule has 6 heteroatoms. The second-order valence-corrected chi connectivity index (χ2v) is 7.00. The summed E-state index contributed by atoms with van der Waals surface area (Å²) < 4.78 is 2.77. The molecular formula is C14H22N4S2. The molecule has 110 valence electrons. The Morgan fingerprint density at radius 1 is 1.25 bits per heavy atom. The SMILES string of the molecule is CCCn1c(-c2sc(C(C)C)nc2C(C)C)n[nH]c1=S. The van der Waals surface area contributed by atoms with Crippen molar-refractivity contribution in [3.8, 4) is 10.7 Å². The first-order chi connectivity index (χ1) is 9.45. The molecule has 0 radical (unpaired) electrons. The molecule has 0 fully saturated rings. The Kier molecular flexibility index (Phi) is 4.75. The molecule has 0 amide bonds. The standard InChI is InChI=1S/C14H22N4S2/c1-6-7-18-12(16-17-14(18)19)11-10(8(2)3)15-13(20-11)9(4)5/h8-9H,6-7H2,1-5H3,(H,17,19). The van der Waals surface area contributed by atoms with Crippen molar-refractivity contribution in [2.45, 2.75) is 59.4 Å². The third-order valence-corrected chi connectivity index (χ3v) is 4.80. The molecule has 0 atom stereocenters. The van der Waals surface area contributed by atoms with Crippen LogP contribution in [0.5, 0.6) is 0 Å². The molecule has 2 aromatic heterocycles. The highest BCUT2D eigenvalue weighted by Gasteiger charge is 2.21. The quantitative estimate of drug-likeness (QED) is 0.813. The highest BCUT2D eigenvalue weighted by atomic mass is 32.1. The van der Waals surface area contributed by atoms with Crippen LogP contribution in [0.3, 0.4) is 0 Å². The number of hydrogen-bond acceptors (Lipinski definition) is 4. The van der Waals surface area contributed by atoms with Crippen molar-refractivity contribution in [2.75, 3.05) is 0 Å². The van der Waals surface area contributed by atoms with Gasteiger partial charge in [0.05, 0.1) is 15.6 Å². The van der Waals surface area contributed by atoms with Crippen LogP contribution in [-0.4, -0.2) is 19.7 Å². The van der Waals surface area contributed by atoms with E-state index in [-0.39, 0.29) is 0 Å². The van der Waals surface area contributed by atoms with Gasteiger partial charge in [0.25, 0.3) is 0 Å². The zero-order valence-electron chi connectivity index (χ0n) is 12.7. The summed E-state index contributed by atoms with van der Waals surface area (Å²) >= 11 is 7.08. The van der Waals surface area contributed by atoms with Crippen molar-refractivity contribution < 1.29 is 0 Å². The zero-order valence-corrected chi connectivity index (χ0v) is 14.4. The minimum absolute atomic E-state index is 0.383. The van der Waals surface area contributed by atoms with E-state index in [0.29, 0.717) is 16.6 Å². The lowest BCUT2D eigenvalue weighted by Crippen LogP contribution is -2.01. The summed E-state index contributed by atoms with van der Waals surface area (Å²) in [6.07, 6.45) is 1.04. The average Bonchev–Trinajstić information content (AvgIpc) is 2.95. The lowest BCUT2D eigenvalue weighted by molar-refractivity contribution is 0.674. The predicted octanol–water partition coefficient (Wildman–Crippen LogP) is 4.72. The first-order valence-electron chi connectivity index (χ1n) is 7.11. The van der Waals surface area contributed by atoms with Crippen LogP contribution in [0.4, 0.5) is 0 Å². The molecule has 0 saturated heterocycles. The second kappa shape index (κ2) is 6.18. The van der Waals surface area contributed by atoms with Gasteiger partial charge in [-0.1, -0.05) is 34.6 Å². The molecule has 20 heavy (non-hydrogen) atoms. The Morgan fingerprint density at radius 3 is 2.50 bits per heavy atom. The van der Waals surface area contributed by atoms with Crippen LogP contribution in [0.25, 0.3) is 10.7 Å². The molecule has 2 heterocycles. The minimum Gasteiger partial charge on any atom is -0.299 e. The molecular weight excluding hydrogens is 288 g/mol. The highest BCUT2D eigenvalue weighted by Crippen LogP contribution is 2.36. The van der Waals surface area contributed by atoms with Crippen molar-refractivity contribution in [1.29, 1.82) is 0 Å². The fraction of sp³-hybridized carbons (Fsp3) is 0.643. The van der Waals surface area contributed by atoms with Gasteiger partial charge in [0.1, 0.15) is 0 Å². The second-order valence-electron chi connectivity index (χ2n) is 5.58. The van der Waals surface area contributed by atoms with Gasteiger partial charge in [0.15, 0.2) is 10.6 Å². The van der Waals surface area contributed by atoms with Crippen molar-refractivity contribution >= 4 is 23.6 Å². The van der Waals surface area contributed by atoms with Crippen LogP contribution in [0.15, 0.2) is 0 Å². The fourth-order valence-corrected chi connectivity index (χ4v) is 3.51. The molecule has 4 nitrogen and oxygen atoms in total. The van der Waals surface area contributed by atoms with Gasteiger partial charge in [-0.15, -0.1) is 11.3 Å². The zero-order chi connectivity index (χ0) is 14.9. The van der Waals surface area contributed by atoms with E-state index in [1.165, 1.54) is 5.01 Å². The van der Waals surface area contributed by atoms with Crippen LogP contribution in [0.2, 0.25) is 0 Å². The third kappa shape index (κ3) is 2.86. The smallest absolute Gasteiger partial charge is 0.195 e. The number of hydrogen-bond donors (Lipinski definition) is 1. The Hall–Kier alpha value is -1.01. The molecule has 0 aliphatic carbocycles. The first kappa shape index (κ1) is 15.4. The summed E-state index contributed by atoms with van der Waals surface area (Å²) in [5, 5.41) is 8.52. The number of rotatable bonds is 5. The van der Waals surface area contributed by atoms with Gasteiger partial charge in [-0.25, -0.2) is 4.98 Å². The summed E-state index contributed by atoms with van der Waals surface area (Å²) in [5.41, 5.74) is 1.13. The summed E-state index contributed by atoms with van der Waals surface area (Å²) in [6, 6.07) is 0. The van der Waals surface area contributed by atoms with Crippen LogP contribution in [0.1, 0.15) is 63.6 Å². The van der Waals surface area contributed by atoms with Crippen LogP contribution in [0, 0.1) is 4.77 Å². The monoisotopic (exact) mass is 310 g/mol. The number of nitrogens with one attached hydrogen (secondary N) is 1. The summed E-state index contributed by atoms with van der Waals surface area (Å²) in [6.45, 7) is 11.7. The van der Waals surface area contributed by atoms with Crippen LogP contribution < -0.4 is 0 Å². The normalized spacial score (nSPS) is 11.8. The van der Waals surface area contributed by atoms with Gasteiger partial charge >= 0.3 is 0 Å². The molecule has 0 aliphatic heterocycles. The van der Waals surface area contributed by atoms with E-state index < -0.39 is 0 Å². The molecule has 0 saturated carbocycles. The molecule has 0 aliphatic rings. The van der Waals surface area contributed by atoms with Gasteiger partial charge in [0.2, 0.25) is 0 Å². The molecule has 0 bridgehead atoms. The summed E-state index contributed by atoms with van der Waals surface area (Å²) in [4.78, 5) is 5.97. The Bertz CT molecular complexity index is 634. The Balaban J connectivity index is 2.59. The van der Waals surface area contributed by atoms with E-state index in [9.17, 15) is 0 Å². The van der Waals surface area contributed by atoms with E-state index in [1.807, 2.05) is 0 Å². The van der Waals surface area contributed by atoms with Crippen molar-refractivity contribution in [2.24, 2.45) is 0 Å². The van der Waals surface area contributed by atoms with Gasteiger partial charge in [-0.2, -0.15) is 5.10 Å². The molecule has 2 aromatic rings. The van der Waals surface area contributed by atoms with E-state index in [2.05, 4.69) is 49.4 Å². The first-order valence-corrected chi connectivity index (χ1v) is 8.34. The largest absolute Gasteiger partial charge is 0.299 e. The van der Waals surface area contributed by atoms with Gasteiger partial charge < -0.3 is 0 Å². The molecule has 2 rings (SSSR count). The topological polar surface area (TPSA) is 46.5 Å². The van der Waals surface area contributed by atoms with E-state index in [1.54, 1.807) is 11.3 Å². The summed E-state index contributed by atoms with van der Waals surface area (Å²) in [7, 11) is 0. The van der Waals surface area contributed by atoms with E-state index in [4.69, 9.17) is 17.2 Å².